The highest BCUT2D eigenvalue weighted by Gasteiger charge is 2.38. The molecule has 1 amide bonds. The van der Waals surface area contributed by atoms with Crippen molar-refractivity contribution in [3.05, 3.63) is 50.8 Å². The van der Waals surface area contributed by atoms with Crippen LogP contribution in [0.2, 0.25) is 0 Å². The monoisotopic (exact) mass is 416 g/mol. The first-order valence-electron chi connectivity index (χ1n) is 10.2. The summed E-state index contributed by atoms with van der Waals surface area (Å²) in [5.41, 5.74) is 3.17. The van der Waals surface area contributed by atoms with Crippen molar-refractivity contribution in [1.82, 2.24) is 15.6 Å². The smallest absolute Gasteiger partial charge is 0.252 e. The van der Waals surface area contributed by atoms with Crippen molar-refractivity contribution in [2.45, 2.75) is 80.3 Å². The van der Waals surface area contributed by atoms with Gasteiger partial charge < -0.3 is 10.6 Å². The molecule has 160 valence electrons. The first-order chi connectivity index (χ1) is 13.7. The van der Waals surface area contributed by atoms with Crippen LogP contribution in [-0.2, 0) is 11.3 Å². The van der Waals surface area contributed by atoms with Crippen molar-refractivity contribution in [2.75, 3.05) is 0 Å². The van der Waals surface area contributed by atoms with Gasteiger partial charge >= 0.3 is 0 Å². The van der Waals surface area contributed by atoms with Gasteiger partial charge in [0.15, 0.2) is 0 Å². The summed E-state index contributed by atoms with van der Waals surface area (Å²) in [5.74, 6) is 0.578. The summed E-state index contributed by atoms with van der Waals surface area (Å²) in [6.45, 7) is 20.4. The van der Waals surface area contributed by atoms with Crippen LogP contribution < -0.4 is 10.6 Å². The van der Waals surface area contributed by atoms with Crippen molar-refractivity contribution in [3.63, 3.8) is 0 Å². The fourth-order valence-electron chi connectivity index (χ4n) is 2.74. The van der Waals surface area contributed by atoms with Crippen LogP contribution in [0.3, 0.4) is 0 Å². The number of nitrogens with zero attached hydrogens (tertiary/aromatic N) is 2. The van der Waals surface area contributed by atoms with Crippen LogP contribution in [-0.4, -0.2) is 22.6 Å². The number of hydrogen-bond donors (Lipinski definition) is 2. The molecule has 0 saturated heterocycles. The number of hydrogen-bond acceptors (Lipinski definition) is 5. The Bertz CT molecular complexity index is 822. The number of aryl methyl sites for hydroxylation is 1. The highest BCUT2D eigenvalue weighted by atomic mass is 32.1. The van der Waals surface area contributed by atoms with Crippen LogP contribution >= 0.6 is 11.3 Å². The maximum Gasteiger partial charge on any atom is 0.252 e. The molecule has 0 unspecified atom stereocenters. The number of carbonyl (C=O) groups is 1. The summed E-state index contributed by atoms with van der Waals surface area (Å²) in [6, 6.07) is 0. The maximum atomic E-state index is 13.1. The van der Waals surface area contributed by atoms with Crippen LogP contribution in [0.5, 0.6) is 0 Å². The highest BCUT2D eigenvalue weighted by molar-refractivity contribution is 7.11. The average molecular weight is 417 g/mol. The molecule has 29 heavy (non-hydrogen) atoms. The van der Waals surface area contributed by atoms with Crippen molar-refractivity contribution in [1.29, 1.82) is 0 Å². The first kappa shape index (κ1) is 24.8. The molecule has 1 aromatic rings. The van der Waals surface area contributed by atoms with E-state index in [2.05, 4.69) is 34.1 Å². The molecule has 1 aromatic heterocycles. The summed E-state index contributed by atoms with van der Waals surface area (Å²) in [7, 11) is 0. The lowest BCUT2D eigenvalue weighted by atomic mass is 9.95. The Morgan fingerprint density at radius 1 is 1.31 bits per heavy atom. The zero-order chi connectivity index (χ0) is 22.2. The Labute approximate surface area is 180 Å². The van der Waals surface area contributed by atoms with Gasteiger partial charge in [0.2, 0.25) is 0 Å². The van der Waals surface area contributed by atoms with E-state index in [4.69, 9.17) is 0 Å². The molecule has 1 saturated carbocycles. The molecule has 1 aliphatic rings. The molecule has 6 heteroatoms. The van der Waals surface area contributed by atoms with E-state index in [-0.39, 0.29) is 11.4 Å². The van der Waals surface area contributed by atoms with Gasteiger partial charge in [0.05, 0.1) is 6.54 Å². The molecule has 0 radical (unpaired) electrons. The minimum atomic E-state index is -0.132. The van der Waals surface area contributed by atoms with Crippen molar-refractivity contribution >= 4 is 23.5 Å². The Hall–Kier alpha value is -2.21. The highest BCUT2D eigenvalue weighted by Crippen LogP contribution is 2.37. The van der Waals surface area contributed by atoms with Crippen molar-refractivity contribution in [3.8, 4) is 0 Å². The van der Waals surface area contributed by atoms with Gasteiger partial charge in [0.1, 0.15) is 10.8 Å². The van der Waals surface area contributed by atoms with Crippen LogP contribution in [0, 0.1) is 6.92 Å². The van der Waals surface area contributed by atoms with E-state index in [1.807, 2.05) is 54.7 Å². The third kappa shape index (κ3) is 7.28. The number of aliphatic imine (C=N–C) groups is 1. The first-order valence-corrected chi connectivity index (χ1v) is 11.0. The van der Waals surface area contributed by atoms with E-state index < -0.39 is 0 Å². The molecule has 0 aromatic carbocycles. The standard InChI is InChI=1S/C21H30N4OS.C2H6/c1-8-22-19(25-21(7)9-10-21)17(13(2)3)18(14(4)5)20(26)24-12-16-23-11-15(6)27-16;1-2/h8,11,25H,2,9-10,12H2,1,3-7H3,(H,24,26);1-2H3/b19-17-,22-8-;. The number of carbonyl (C=O) groups excluding carboxylic acids is 1. The fraction of sp³-hybridized carbons (Fsp3) is 0.522. The van der Waals surface area contributed by atoms with Crippen molar-refractivity contribution in [2.24, 2.45) is 4.99 Å². The second-order valence-corrected chi connectivity index (χ2v) is 8.82. The van der Waals surface area contributed by atoms with Gasteiger partial charge in [0.25, 0.3) is 5.91 Å². The topological polar surface area (TPSA) is 66.4 Å². The predicted octanol–water partition coefficient (Wildman–Crippen LogP) is 5.45. The molecule has 2 N–H and O–H groups in total. The molecular formula is C23H36N4OS. The van der Waals surface area contributed by atoms with Crippen molar-refractivity contribution < 1.29 is 4.79 Å². The number of allylic oxidation sites excluding steroid dienone is 2. The van der Waals surface area contributed by atoms with Gasteiger partial charge in [-0.25, -0.2) is 9.98 Å². The zero-order valence-electron chi connectivity index (χ0n) is 19.2. The van der Waals surface area contributed by atoms with E-state index in [9.17, 15) is 4.79 Å². The quantitative estimate of drug-likeness (QED) is 0.336. The van der Waals surface area contributed by atoms with Crippen LogP contribution in [0.15, 0.2) is 45.9 Å². The summed E-state index contributed by atoms with van der Waals surface area (Å²) in [4.78, 5) is 23.0. The second kappa shape index (κ2) is 11.1. The van der Waals surface area contributed by atoms with Gasteiger partial charge in [-0.15, -0.1) is 11.3 Å². The lowest BCUT2D eigenvalue weighted by Crippen LogP contribution is -2.31. The lowest BCUT2D eigenvalue weighted by molar-refractivity contribution is -0.117. The van der Waals surface area contributed by atoms with Crippen LogP contribution in [0.1, 0.15) is 71.2 Å². The molecule has 1 aliphatic carbocycles. The molecule has 0 aliphatic heterocycles. The van der Waals surface area contributed by atoms with E-state index in [0.717, 1.165) is 39.4 Å². The Balaban J connectivity index is 0.00000204. The van der Waals surface area contributed by atoms with Crippen LogP contribution in [0.4, 0.5) is 0 Å². The summed E-state index contributed by atoms with van der Waals surface area (Å²) >= 11 is 1.59. The molecule has 1 fully saturated rings. The molecule has 2 rings (SSSR count). The second-order valence-electron chi connectivity index (χ2n) is 7.50. The minimum absolute atomic E-state index is 0.0458. The predicted molar refractivity (Wildman–Crippen MR) is 125 cm³/mol. The largest absolute Gasteiger partial charge is 0.364 e. The minimum Gasteiger partial charge on any atom is -0.364 e. The Kier molecular flexibility index (Phi) is 9.50. The lowest BCUT2D eigenvalue weighted by Gasteiger charge is -2.21. The van der Waals surface area contributed by atoms with E-state index in [1.165, 1.54) is 0 Å². The molecule has 0 bridgehead atoms. The van der Waals surface area contributed by atoms with Gasteiger partial charge in [-0.3, -0.25) is 4.79 Å². The SMILES string of the molecule is C=C(C)/C(C(C(=O)NCc1ncc(C)s1)=C(C)C)=C(\N=C/C)NC1(C)CC1.CC. The summed E-state index contributed by atoms with van der Waals surface area (Å²) < 4.78 is 0. The van der Waals surface area contributed by atoms with Gasteiger partial charge in [-0.05, 0) is 60.0 Å². The molecule has 0 spiro atoms. The fourth-order valence-corrected chi connectivity index (χ4v) is 3.47. The number of amides is 1. The van der Waals surface area contributed by atoms with Gasteiger partial charge in [0, 0.05) is 34.0 Å². The third-order valence-electron chi connectivity index (χ3n) is 4.39. The number of aromatic nitrogens is 1. The Morgan fingerprint density at radius 3 is 2.34 bits per heavy atom. The number of nitrogens with one attached hydrogen (secondary N) is 2. The van der Waals surface area contributed by atoms with E-state index >= 15 is 0 Å². The molecule has 5 nitrogen and oxygen atoms in total. The maximum absolute atomic E-state index is 13.1. The zero-order valence-corrected chi connectivity index (χ0v) is 20.0. The average Bonchev–Trinajstić information content (AvgIpc) is 3.23. The number of thiazole rings is 1. The van der Waals surface area contributed by atoms with E-state index in [0.29, 0.717) is 17.9 Å². The van der Waals surface area contributed by atoms with E-state index in [1.54, 1.807) is 17.6 Å². The summed E-state index contributed by atoms with van der Waals surface area (Å²) in [5, 5.41) is 7.41. The third-order valence-corrected chi connectivity index (χ3v) is 5.30. The van der Waals surface area contributed by atoms with Crippen LogP contribution in [0.25, 0.3) is 0 Å². The van der Waals surface area contributed by atoms with Gasteiger partial charge in [-0.2, -0.15) is 0 Å². The molecule has 1 heterocycles. The molecule has 0 atom stereocenters. The molecular weight excluding hydrogens is 380 g/mol. The Morgan fingerprint density at radius 2 is 1.93 bits per heavy atom. The summed E-state index contributed by atoms with van der Waals surface area (Å²) in [6.07, 6.45) is 5.76. The van der Waals surface area contributed by atoms with Gasteiger partial charge in [-0.1, -0.05) is 26.0 Å². The number of rotatable bonds is 8. The normalized spacial score (nSPS) is 15.0.